The van der Waals surface area contributed by atoms with Gasteiger partial charge in [0.2, 0.25) is 11.2 Å². The molecule has 1 N–H and O–H groups in total. The van der Waals surface area contributed by atoms with Crippen molar-refractivity contribution < 1.29 is 4.79 Å². The molecule has 1 aromatic heterocycles. The van der Waals surface area contributed by atoms with Crippen LogP contribution in [0.2, 0.25) is 5.28 Å². The van der Waals surface area contributed by atoms with Gasteiger partial charge in [0, 0.05) is 18.9 Å². The van der Waals surface area contributed by atoms with E-state index < -0.39 is 0 Å². The van der Waals surface area contributed by atoms with Crippen LogP contribution in [0.3, 0.4) is 0 Å². The standard InChI is InChI=1S/C12H12ClN3O/c13-12-14-6-7-16(12)9-11(17)15-8-10-4-2-1-3-5-10/h1-7H,8-9H2,(H,15,17). The summed E-state index contributed by atoms with van der Waals surface area (Å²) in [7, 11) is 0. The van der Waals surface area contributed by atoms with E-state index in [0.717, 1.165) is 5.56 Å². The highest BCUT2D eigenvalue weighted by atomic mass is 35.5. The Morgan fingerprint density at radius 2 is 2.12 bits per heavy atom. The number of amides is 1. The van der Waals surface area contributed by atoms with Crippen molar-refractivity contribution in [2.24, 2.45) is 0 Å². The van der Waals surface area contributed by atoms with Crippen LogP contribution in [0.1, 0.15) is 5.56 Å². The number of nitrogens with zero attached hydrogens (tertiary/aromatic N) is 2. The molecule has 88 valence electrons. The lowest BCUT2D eigenvalue weighted by atomic mass is 10.2. The first-order valence-electron chi connectivity index (χ1n) is 5.23. The second-order valence-electron chi connectivity index (χ2n) is 3.59. The van der Waals surface area contributed by atoms with E-state index >= 15 is 0 Å². The van der Waals surface area contributed by atoms with Gasteiger partial charge in [-0.15, -0.1) is 0 Å². The molecular weight excluding hydrogens is 238 g/mol. The zero-order chi connectivity index (χ0) is 12.1. The van der Waals surface area contributed by atoms with Crippen molar-refractivity contribution >= 4 is 17.5 Å². The highest BCUT2D eigenvalue weighted by Crippen LogP contribution is 2.04. The highest BCUT2D eigenvalue weighted by Gasteiger charge is 2.05. The largest absolute Gasteiger partial charge is 0.350 e. The lowest BCUT2D eigenvalue weighted by molar-refractivity contribution is -0.121. The van der Waals surface area contributed by atoms with Gasteiger partial charge >= 0.3 is 0 Å². The van der Waals surface area contributed by atoms with Crippen LogP contribution in [0.4, 0.5) is 0 Å². The monoisotopic (exact) mass is 249 g/mol. The number of rotatable bonds is 4. The van der Waals surface area contributed by atoms with Gasteiger partial charge in [0.05, 0.1) is 0 Å². The fourth-order valence-electron chi connectivity index (χ4n) is 1.44. The minimum Gasteiger partial charge on any atom is -0.350 e. The molecule has 0 radical (unpaired) electrons. The summed E-state index contributed by atoms with van der Waals surface area (Å²) >= 11 is 5.77. The average molecular weight is 250 g/mol. The maximum absolute atomic E-state index is 11.6. The Morgan fingerprint density at radius 1 is 1.35 bits per heavy atom. The molecule has 0 aliphatic carbocycles. The van der Waals surface area contributed by atoms with Crippen molar-refractivity contribution in [1.29, 1.82) is 0 Å². The maximum Gasteiger partial charge on any atom is 0.240 e. The molecule has 0 saturated heterocycles. The zero-order valence-electron chi connectivity index (χ0n) is 9.14. The van der Waals surface area contributed by atoms with Crippen LogP contribution in [0.5, 0.6) is 0 Å². The lowest BCUT2D eigenvalue weighted by Gasteiger charge is -2.06. The molecule has 1 amide bonds. The Morgan fingerprint density at radius 3 is 2.76 bits per heavy atom. The van der Waals surface area contributed by atoms with E-state index in [1.807, 2.05) is 30.3 Å². The number of benzene rings is 1. The smallest absolute Gasteiger partial charge is 0.240 e. The second kappa shape index (κ2) is 5.50. The van der Waals surface area contributed by atoms with Gasteiger partial charge < -0.3 is 9.88 Å². The van der Waals surface area contributed by atoms with Gasteiger partial charge in [-0.3, -0.25) is 4.79 Å². The molecule has 0 atom stereocenters. The molecule has 0 aliphatic rings. The summed E-state index contributed by atoms with van der Waals surface area (Å²) in [5.74, 6) is -0.0891. The van der Waals surface area contributed by atoms with Gasteiger partial charge in [0.25, 0.3) is 0 Å². The van der Waals surface area contributed by atoms with Crippen molar-refractivity contribution in [3.63, 3.8) is 0 Å². The molecule has 2 aromatic rings. The molecule has 4 nitrogen and oxygen atoms in total. The quantitative estimate of drug-likeness (QED) is 0.899. The van der Waals surface area contributed by atoms with E-state index in [9.17, 15) is 4.79 Å². The Kier molecular flexibility index (Phi) is 3.77. The van der Waals surface area contributed by atoms with Gasteiger partial charge in [-0.25, -0.2) is 4.98 Å². The summed E-state index contributed by atoms with van der Waals surface area (Å²) in [6.45, 7) is 0.706. The first-order chi connectivity index (χ1) is 8.25. The van der Waals surface area contributed by atoms with Crippen LogP contribution in [-0.2, 0) is 17.9 Å². The number of nitrogens with one attached hydrogen (secondary N) is 1. The van der Waals surface area contributed by atoms with Gasteiger partial charge in [-0.05, 0) is 17.2 Å². The van der Waals surface area contributed by atoms with Crippen LogP contribution in [-0.4, -0.2) is 15.5 Å². The summed E-state index contributed by atoms with van der Waals surface area (Å²) in [6.07, 6.45) is 3.23. The molecule has 5 heteroatoms. The summed E-state index contributed by atoms with van der Waals surface area (Å²) < 4.78 is 1.59. The van der Waals surface area contributed by atoms with Crippen molar-refractivity contribution in [3.05, 3.63) is 53.6 Å². The number of carbonyl (C=O) groups excluding carboxylic acids is 1. The Bertz CT molecular complexity index is 495. The first-order valence-corrected chi connectivity index (χ1v) is 5.61. The number of carbonyl (C=O) groups is 1. The maximum atomic E-state index is 11.6. The molecular formula is C12H12ClN3O. The molecule has 1 aromatic carbocycles. The van der Waals surface area contributed by atoms with Crippen LogP contribution in [0.15, 0.2) is 42.7 Å². The van der Waals surface area contributed by atoms with E-state index in [0.29, 0.717) is 11.8 Å². The lowest BCUT2D eigenvalue weighted by Crippen LogP contribution is -2.26. The first kappa shape index (κ1) is 11.7. The minimum atomic E-state index is -0.0891. The number of hydrogen-bond donors (Lipinski definition) is 1. The zero-order valence-corrected chi connectivity index (χ0v) is 9.89. The second-order valence-corrected chi connectivity index (χ2v) is 3.92. The third-order valence-electron chi connectivity index (χ3n) is 2.31. The molecule has 17 heavy (non-hydrogen) atoms. The third-order valence-corrected chi connectivity index (χ3v) is 2.63. The summed E-state index contributed by atoms with van der Waals surface area (Å²) in [5.41, 5.74) is 1.07. The van der Waals surface area contributed by atoms with Crippen molar-refractivity contribution in [1.82, 2.24) is 14.9 Å². The summed E-state index contributed by atoms with van der Waals surface area (Å²) in [6, 6.07) is 9.74. The van der Waals surface area contributed by atoms with Gasteiger partial charge in [0.15, 0.2) is 0 Å². The molecule has 0 spiro atoms. The van der Waals surface area contributed by atoms with E-state index in [-0.39, 0.29) is 12.5 Å². The average Bonchev–Trinajstić information content (AvgIpc) is 2.74. The van der Waals surface area contributed by atoms with E-state index in [2.05, 4.69) is 10.3 Å². The molecule has 0 aliphatic heterocycles. The Hall–Kier alpha value is -1.81. The van der Waals surface area contributed by atoms with Crippen molar-refractivity contribution in [3.8, 4) is 0 Å². The van der Waals surface area contributed by atoms with Gasteiger partial charge in [0.1, 0.15) is 6.54 Å². The number of aromatic nitrogens is 2. The van der Waals surface area contributed by atoms with Crippen molar-refractivity contribution in [2.45, 2.75) is 13.1 Å². The number of hydrogen-bond acceptors (Lipinski definition) is 2. The van der Waals surface area contributed by atoms with Gasteiger partial charge in [-0.1, -0.05) is 30.3 Å². The molecule has 0 bridgehead atoms. The van der Waals surface area contributed by atoms with Crippen LogP contribution >= 0.6 is 11.6 Å². The fraction of sp³-hybridized carbons (Fsp3) is 0.167. The molecule has 0 fully saturated rings. The number of halogens is 1. The van der Waals surface area contributed by atoms with Crippen LogP contribution < -0.4 is 5.32 Å². The molecule has 1 heterocycles. The summed E-state index contributed by atoms with van der Waals surface area (Å²) in [4.78, 5) is 15.5. The number of imidazole rings is 1. The highest BCUT2D eigenvalue weighted by molar-refractivity contribution is 6.28. The Balaban J connectivity index is 1.85. The molecule has 0 saturated carbocycles. The molecule has 0 unspecified atom stereocenters. The summed E-state index contributed by atoms with van der Waals surface area (Å²) in [5, 5.41) is 3.14. The van der Waals surface area contributed by atoms with E-state index in [1.54, 1.807) is 17.0 Å². The van der Waals surface area contributed by atoms with Crippen LogP contribution in [0.25, 0.3) is 0 Å². The molecule has 2 rings (SSSR count). The van der Waals surface area contributed by atoms with Crippen molar-refractivity contribution in [2.75, 3.05) is 0 Å². The van der Waals surface area contributed by atoms with E-state index in [4.69, 9.17) is 11.6 Å². The minimum absolute atomic E-state index is 0.0891. The SMILES string of the molecule is O=C(Cn1ccnc1Cl)NCc1ccccc1. The topological polar surface area (TPSA) is 46.9 Å². The normalized spacial score (nSPS) is 10.2. The predicted molar refractivity (Wildman–Crippen MR) is 65.5 cm³/mol. The third kappa shape index (κ3) is 3.32. The Labute approximate surface area is 104 Å². The van der Waals surface area contributed by atoms with Crippen LogP contribution in [0, 0.1) is 0 Å². The van der Waals surface area contributed by atoms with Gasteiger partial charge in [-0.2, -0.15) is 0 Å². The predicted octanol–water partition coefficient (Wildman–Crippen LogP) is 1.85. The van der Waals surface area contributed by atoms with E-state index in [1.165, 1.54) is 0 Å². The fourth-order valence-corrected chi connectivity index (χ4v) is 1.61.